The Hall–Kier alpha value is -3.49. The first-order valence-electron chi connectivity index (χ1n) is 8.25. The number of anilines is 2. The number of fused-ring (bicyclic) bond motifs is 1. The van der Waals surface area contributed by atoms with Crippen molar-refractivity contribution in [2.75, 3.05) is 5.32 Å². The smallest absolute Gasteiger partial charge is 0.207 e. The second-order valence-electron chi connectivity index (χ2n) is 5.80. The summed E-state index contributed by atoms with van der Waals surface area (Å²) in [6.07, 6.45) is 1.55. The first-order chi connectivity index (χ1) is 13.6. The van der Waals surface area contributed by atoms with Crippen molar-refractivity contribution in [2.24, 2.45) is 4.99 Å². The zero-order valence-electron chi connectivity index (χ0n) is 14.3. The van der Waals surface area contributed by atoms with Gasteiger partial charge in [-0.3, -0.25) is 10.7 Å². The van der Waals surface area contributed by atoms with E-state index in [1.165, 1.54) is 18.2 Å². The lowest BCUT2D eigenvalue weighted by Gasteiger charge is -2.06. The highest BCUT2D eigenvalue weighted by molar-refractivity contribution is 6.31. The number of hydrogen-bond acceptors (Lipinski definition) is 5. The SMILES string of the molecule is ONC(=Nc1ccc(F)c(Cl)c1)c1ccnc2nc(Nc3ccccc3)[nH]c12. The van der Waals surface area contributed by atoms with E-state index in [9.17, 15) is 9.60 Å². The Morgan fingerprint density at radius 2 is 1.96 bits per heavy atom. The monoisotopic (exact) mass is 396 g/mol. The number of hydroxylamine groups is 1. The molecule has 140 valence electrons. The van der Waals surface area contributed by atoms with Crippen LogP contribution in [0.2, 0.25) is 5.02 Å². The Balaban J connectivity index is 1.74. The van der Waals surface area contributed by atoms with Crippen LogP contribution in [0.3, 0.4) is 0 Å². The van der Waals surface area contributed by atoms with Crippen LogP contribution < -0.4 is 10.8 Å². The number of hydrogen-bond donors (Lipinski definition) is 4. The Kier molecular flexibility index (Phi) is 4.88. The molecule has 2 aromatic carbocycles. The fraction of sp³-hybridized carbons (Fsp3) is 0. The number of amidine groups is 1. The third-order valence-corrected chi connectivity index (χ3v) is 4.22. The van der Waals surface area contributed by atoms with Gasteiger partial charge in [0, 0.05) is 17.4 Å². The molecule has 0 atom stereocenters. The summed E-state index contributed by atoms with van der Waals surface area (Å²) in [5.74, 6) is 0.0730. The Bertz CT molecular complexity index is 1160. The number of aromatic amines is 1. The molecule has 0 saturated carbocycles. The maximum Gasteiger partial charge on any atom is 0.207 e. The predicted molar refractivity (Wildman–Crippen MR) is 106 cm³/mol. The third kappa shape index (κ3) is 3.64. The van der Waals surface area contributed by atoms with Crippen LogP contribution in [0.4, 0.5) is 21.7 Å². The van der Waals surface area contributed by atoms with E-state index in [1.54, 1.807) is 12.3 Å². The summed E-state index contributed by atoms with van der Waals surface area (Å²) in [5, 5.41) is 12.7. The van der Waals surface area contributed by atoms with Crippen LogP contribution >= 0.6 is 11.6 Å². The number of H-pyrrole nitrogens is 1. The zero-order valence-corrected chi connectivity index (χ0v) is 15.1. The normalized spacial score (nSPS) is 11.6. The van der Waals surface area contributed by atoms with Gasteiger partial charge in [0.2, 0.25) is 5.95 Å². The number of para-hydroxylation sites is 1. The summed E-state index contributed by atoms with van der Waals surface area (Å²) in [6, 6.07) is 15.2. The summed E-state index contributed by atoms with van der Waals surface area (Å²) in [5.41, 5.74) is 4.83. The van der Waals surface area contributed by atoms with E-state index in [2.05, 4.69) is 30.7 Å². The number of benzene rings is 2. The van der Waals surface area contributed by atoms with Gasteiger partial charge in [0.05, 0.1) is 16.2 Å². The van der Waals surface area contributed by atoms with Gasteiger partial charge in [-0.05, 0) is 36.4 Å². The zero-order chi connectivity index (χ0) is 19.5. The maximum absolute atomic E-state index is 13.4. The molecule has 4 rings (SSSR count). The van der Waals surface area contributed by atoms with E-state index in [4.69, 9.17) is 11.6 Å². The van der Waals surface area contributed by atoms with Crippen LogP contribution in [0.5, 0.6) is 0 Å². The van der Waals surface area contributed by atoms with E-state index in [0.717, 1.165) is 5.69 Å². The van der Waals surface area contributed by atoms with Crippen molar-refractivity contribution in [1.82, 2.24) is 20.4 Å². The minimum atomic E-state index is -0.546. The van der Waals surface area contributed by atoms with E-state index in [-0.39, 0.29) is 10.9 Å². The number of nitrogens with one attached hydrogen (secondary N) is 3. The molecule has 4 N–H and O–H groups in total. The van der Waals surface area contributed by atoms with Gasteiger partial charge in [0.1, 0.15) is 5.82 Å². The fourth-order valence-corrected chi connectivity index (χ4v) is 2.83. The molecular formula is C19H14ClFN6O. The van der Waals surface area contributed by atoms with Crippen molar-refractivity contribution >= 4 is 45.9 Å². The van der Waals surface area contributed by atoms with Crippen molar-refractivity contribution in [1.29, 1.82) is 0 Å². The summed E-state index contributed by atoms with van der Waals surface area (Å²) in [4.78, 5) is 16.1. The summed E-state index contributed by atoms with van der Waals surface area (Å²) < 4.78 is 13.4. The molecule has 7 nitrogen and oxygen atoms in total. The van der Waals surface area contributed by atoms with Crippen LogP contribution in [0, 0.1) is 5.82 Å². The average molecular weight is 397 g/mol. The number of aliphatic imine (C=N–C) groups is 1. The quantitative estimate of drug-likeness (QED) is 0.230. The molecule has 0 aliphatic heterocycles. The lowest BCUT2D eigenvalue weighted by Crippen LogP contribution is -2.20. The second kappa shape index (κ2) is 7.63. The van der Waals surface area contributed by atoms with Crippen LogP contribution in [-0.4, -0.2) is 26.0 Å². The largest absolute Gasteiger partial charge is 0.326 e. The predicted octanol–water partition coefficient (Wildman–Crippen LogP) is 4.55. The van der Waals surface area contributed by atoms with Crippen molar-refractivity contribution in [3.05, 3.63) is 77.2 Å². The van der Waals surface area contributed by atoms with Gasteiger partial charge in [0.15, 0.2) is 11.5 Å². The highest BCUT2D eigenvalue weighted by atomic mass is 35.5. The molecule has 0 spiro atoms. The first-order valence-corrected chi connectivity index (χ1v) is 8.63. The van der Waals surface area contributed by atoms with Gasteiger partial charge in [0.25, 0.3) is 0 Å². The molecule has 2 heterocycles. The van der Waals surface area contributed by atoms with Crippen LogP contribution in [0.25, 0.3) is 11.2 Å². The van der Waals surface area contributed by atoms with Gasteiger partial charge in [-0.25, -0.2) is 14.4 Å². The lowest BCUT2D eigenvalue weighted by atomic mass is 10.2. The fourth-order valence-electron chi connectivity index (χ4n) is 2.65. The molecule has 0 radical (unpaired) electrons. The summed E-state index contributed by atoms with van der Waals surface area (Å²) >= 11 is 5.80. The van der Waals surface area contributed by atoms with Crippen molar-refractivity contribution in [2.45, 2.75) is 0 Å². The van der Waals surface area contributed by atoms with Crippen LogP contribution in [0.15, 0.2) is 65.8 Å². The van der Waals surface area contributed by atoms with E-state index >= 15 is 0 Å². The molecule has 2 aromatic heterocycles. The molecule has 0 fully saturated rings. The number of imidazole rings is 1. The number of pyridine rings is 1. The molecule has 9 heteroatoms. The molecule has 0 aliphatic carbocycles. The van der Waals surface area contributed by atoms with Gasteiger partial charge in [-0.1, -0.05) is 29.8 Å². The Morgan fingerprint density at radius 3 is 2.71 bits per heavy atom. The molecular weight excluding hydrogens is 383 g/mol. The number of nitrogens with zero attached hydrogens (tertiary/aromatic N) is 3. The van der Waals surface area contributed by atoms with Crippen LogP contribution in [0.1, 0.15) is 5.56 Å². The Morgan fingerprint density at radius 1 is 1.14 bits per heavy atom. The van der Waals surface area contributed by atoms with Gasteiger partial charge in [-0.15, -0.1) is 0 Å². The minimum Gasteiger partial charge on any atom is -0.326 e. The maximum atomic E-state index is 13.4. The molecule has 0 saturated heterocycles. The van der Waals surface area contributed by atoms with Gasteiger partial charge >= 0.3 is 0 Å². The van der Waals surface area contributed by atoms with Gasteiger partial charge in [-0.2, -0.15) is 4.98 Å². The number of aromatic nitrogens is 3. The van der Waals surface area contributed by atoms with Gasteiger partial charge < -0.3 is 10.3 Å². The summed E-state index contributed by atoms with van der Waals surface area (Å²) in [6.45, 7) is 0. The molecule has 28 heavy (non-hydrogen) atoms. The third-order valence-electron chi connectivity index (χ3n) is 3.93. The summed E-state index contributed by atoms with van der Waals surface area (Å²) in [7, 11) is 0. The topological polar surface area (TPSA) is 98.2 Å². The Labute approximate surface area is 163 Å². The number of halogens is 2. The van der Waals surface area contributed by atoms with Crippen molar-refractivity contribution in [3.8, 4) is 0 Å². The van der Waals surface area contributed by atoms with E-state index in [1.807, 2.05) is 30.3 Å². The highest BCUT2D eigenvalue weighted by Gasteiger charge is 2.13. The molecule has 0 amide bonds. The lowest BCUT2D eigenvalue weighted by molar-refractivity contribution is 0.235. The molecule has 0 unspecified atom stereocenters. The minimum absolute atomic E-state index is 0.0608. The van der Waals surface area contributed by atoms with E-state index < -0.39 is 5.82 Å². The van der Waals surface area contributed by atoms with Crippen molar-refractivity contribution < 1.29 is 9.60 Å². The number of rotatable bonds is 4. The molecule has 4 aromatic rings. The molecule has 0 bridgehead atoms. The standard InChI is InChI=1S/C19H14ClFN6O/c20-14-10-12(6-7-15(14)21)23-17(27-28)13-8-9-22-18-16(13)25-19(26-18)24-11-4-2-1-3-5-11/h1-10,28H,(H,23,27)(H2,22,24,25,26). The van der Waals surface area contributed by atoms with E-state index in [0.29, 0.717) is 28.4 Å². The van der Waals surface area contributed by atoms with Crippen LogP contribution in [-0.2, 0) is 0 Å². The average Bonchev–Trinajstić information content (AvgIpc) is 3.12. The highest BCUT2D eigenvalue weighted by Crippen LogP contribution is 2.24. The second-order valence-corrected chi connectivity index (χ2v) is 6.21. The first kappa shape index (κ1) is 17.9. The van der Waals surface area contributed by atoms with Crippen molar-refractivity contribution in [3.63, 3.8) is 0 Å². The molecule has 0 aliphatic rings.